The number of esters is 1. The van der Waals surface area contributed by atoms with Crippen molar-refractivity contribution in [3.8, 4) is 0 Å². The Morgan fingerprint density at radius 1 is 0.909 bits per heavy atom. The highest BCUT2D eigenvalue weighted by Gasteiger charge is 2.57. The van der Waals surface area contributed by atoms with E-state index >= 15 is 0 Å². The predicted molar refractivity (Wildman–Crippen MR) is 117 cm³/mol. The molecule has 1 saturated heterocycles. The average molecular weight is 461 g/mol. The van der Waals surface area contributed by atoms with Gasteiger partial charge in [-0.2, -0.15) is 0 Å². The molecule has 6 aliphatic rings. The first-order valence-corrected chi connectivity index (χ1v) is 12.8. The zero-order valence-corrected chi connectivity index (χ0v) is 19.3. The predicted octanol–water partition coefficient (Wildman–Crippen LogP) is 1.93. The molecule has 1 unspecified atom stereocenters. The third-order valence-electron chi connectivity index (χ3n) is 8.89. The number of carbonyl (C=O) groups is 4. The van der Waals surface area contributed by atoms with Crippen LogP contribution >= 0.6 is 0 Å². The Bertz CT molecular complexity index is 784. The van der Waals surface area contributed by atoms with E-state index in [-0.39, 0.29) is 30.7 Å². The number of amides is 3. The van der Waals surface area contributed by atoms with E-state index in [0.717, 1.165) is 51.4 Å². The Balaban J connectivity index is 1.18. The molecule has 2 atom stereocenters. The Morgan fingerprint density at radius 3 is 2.12 bits per heavy atom. The van der Waals surface area contributed by atoms with Gasteiger partial charge < -0.3 is 14.7 Å². The number of aliphatic hydroxyl groups excluding tert-OH is 1. The fourth-order valence-electron chi connectivity index (χ4n) is 7.81. The summed E-state index contributed by atoms with van der Waals surface area (Å²) in [5.41, 5.74) is -0.402. The summed E-state index contributed by atoms with van der Waals surface area (Å²) in [4.78, 5) is 52.5. The fourth-order valence-corrected chi connectivity index (χ4v) is 7.81. The summed E-state index contributed by atoms with van der Waals surface area (Å²) < 4.78 is 5.22. The maximum Gasteiger partial charge on any atom is 0.329 e. The second kappa shape index (κ2) is 9.01. The van der Waals surface area contributed by atoms with Gasteiger partial charge in [0.2, 0.25) is 11.8 Å². The maximum atomic E-state index is 13.7. The van der Waals surface area contributed by atoms with Crippen LogP contribution in [0.1, 0.15) is 77.0 Å². The average Bonchev–Trinajstić information content (AvgIpc) is 3.18. The van der Waals surface area contributed by atoms with Crippen LogP contribution in [0.25, 0.3) is 0 Å². The number of nitrogens with zero attached hydrogens (tertiary/aromatic N) is 1. The Labute approximate surface area is 194 Å². The Kier molecular flexibility index (Phi) is 6.23. The summed E-state index contributed by atoms with van der Waals surface area (Å²) >= 11 is 0. The molecule has 0 radical (unpaired) electrons. The zero-order chi connectivity index (χ0) is 23.2. The van der Waals surface area contributed by atoms with Crippen molar-refractivity contribution in [3.05, 3.63) is 0 Å². The molecule has 0 spiro atoms. The van der Waals surface area contributed by atoms with Crippen molar-refractivity contribution >= 4 is 23.7 Å². The molecule has 6 fully saturated rings. The van der Waals surface area contributed by atoms with Crippen LogP contribution in [0, 0.1) is 29.1 Å². The van der Waals surface area contributed by atoms with Crippen LogP contribution in [0.2, 0.25) is 0 Å². The molecule has 8 heteroatoms. The van der Waals surface area contributed by atoms with Gasteiger partial charge in [0.05, 0.1) is 11.5 Å². The largest absolute Gasteiger partial charge is 0.454 e. The minimum Gasteiger partial charge on any atom is -0.454 e. The monoisotopic (exact) mass is 460 g/mol. The van der Waals surface area contributed by atoms with Crippen molar-refractivity contribution in [2.75, 3.05) is 13.2 Å². The summed E-state index contributed by atoms with van der Waals surface area (Å²) in [5.74, 6) is 0.0105. The number of likely N-dealkylation sites (tertiary alicyclic amines) is 1. The molecule has 5 saturated carbocycles. The maximum absolute atomic E-state index is 13.7. The lowest BCUT2D eigenvalue weighted by Crippen LogP contribution is -2.56. The van der Waals surface area contributed by atoms with Gasteiger partial charge in [-0.05, 0) is 69.1 Å². The van der Waals surface area contributed by atoms with Gasteiger partial charge in [0.25, 0.3) is 5.91 Å². The lowest BCUT2D eigenvalue weighted by molar-refractivity contribution is -0.166. The fraction of sp³-hybridized carbons (Fsp3) is 0.840. The molecule has 2 N–H and O–H groups in total. The first-order valence-electron chi connectivity index (χ1n) is 12.8. The van der Waals surface area contributed by atoms with Crippen LogP contribution < -0.4 is 5.32 Å². The molecule has 6 rings (SSSR count). The van der Waals surface area contributed by atoms with Crippen molar-refractivity contribution in [3.63, 3.8) is 0 Å². The number of hydrogen-bond acceptors (Lipinski definition) is 6. The van der Waals surface area contributed by atoms with Gasteiger partial charge in [0, 0.05) is 18.9 Å². The Morgan fingerprint density at radius 2 is 1.52 bits per heavy atom. The van der Waals surface area contributed by atoms with E-state index in [1.807, 2.05) is 0 Å². The van der Waals surface area contributed by atoms with Crippen LogP contribution in [0.4, 0.5) is 0 Å². The number of imide groups is 1. The highest BCUT2D eigenvalue weighted by Crippen LogP contribution is 2.60. The van der Waals surface area contributed by atoms with E-state index in [2.05, 4.69) is 5.32 Å². The number of aliphatic hydroxyl groups is 1. The quantitative estimate of drug-likeness (QED) is 0.606. The molecule has 0 aromatic rings. The summed E-state index contributed by atoms with van der Waals surface area (Å²) in [7, 11) is 0. The van der Waals surface area contributed by atoms with Gasteiger partial charge in [-0.25, -0.2) is 4.79 Å². The van der Waals surface area contributed by atoms with Crippen molar-refractivity contribution in [2.24, 2.45) is 29.1 Å². The lowest BCUT2D eigenvalue weighted by Gasteiger charge is -2.56. The normalized spacial score (nSPS) is 37.7. The molecule has 4 bridgehead atoms. The number of nitrogens with one attached hydrogen (secondary N) is 1. The lowest BCUT2D eigenvalue weighted by atomic mass is 9.49. The van der Waals surface area contributed by atoms with E-state index in [0.29, 0.717) is 17.8 Å². The second-order valence-electron chi connectivity index (χ2n) is 11.4. The summed E-state index contributed by atoms with van der Waals surface area (Å²) in [6, 6.07) is -0.873. The molecule has 33 heavy (non-hydrogen) atoms. The van der Waals surface area contributed by atoms with Crippen LogP contribution in [-0.2, 0) is 23.9 Å². The number of ether oxygens (including phenoxy) is 1. The topological polar surface area (TPSA) is 113 Å². The molecule has 1 heterocycles. The number of hydrogen-bond donors (Lipinski definition) is 2. The van der Waals surface area contributed by atoms with Gasteiger partial charge >= 0.3 is 5.97 Å². The summed E-state index contributed by atoms with van der Waals surface area (Å²) in [5, 5.41) is 12.6. The minimum atomic E-state index is -0.873. The first kappa shape index (κ1) is 22.8. The van der Waals surface area contributed by atoms with E-state index in [9.17, 15) is 24.3 Å². The molecular formula is C25H36N2O6. The smallest absolute Gasteiger partial charge is 0.329 e. The molecule has 0 aromatic heterocycles. The molecule has 8 nitrogen and oxygen atoms in total. The van der Waals surface area contributed by atoms with Crippen LogP contribution in [0.5, 0.6) is 0 Å². The van der Waals surface area contributed by atoms with Crippen LogP contribution in [0.15, 0.2) is 0 Å². The van der Waals surface area contributed by atoms with E-state index in [1.54, 1.807) is 0 Å². The third kappa shape index (κ3) is 4.55. The highest BCUT2D eigenvalue weighted by atomic mass is 16.5. The SMILES string of the molecule is O=C(COC(=O)[C@@H]1CC(O)CN1C(=O)C12CC3CC(CC(C3)C1)C2)NC(=O)C1CCCCC1. The third-order valence-corrected chi connectivity index (χ3v) is 8.89. The number of β-amino-alcohol motifs (C(OH)–C–C–N with tert-alkyl or cyclic N) is 1. The van der Waals surface area contributed by atoms with Gasteiger partial charge in [0.1, 0.15) is 6.04 Å². The van der Waals surface area contributed by atoms with Crippen LogP contribution in [-0.4, -0.2) is 59.0 Å². The summed E-state index contributed by atoms with van der Waals surface area (Å²) in [6.07, 6.45) is 10.3. The van der Waals surface area contributed by atoms with Crippen molar-refractivity contribution in [1.29, 1.82) is 0 Å². The zero-order valence-electron chi connectivity index (χ0n) is 19.3. The van der Waals surface area contributed by atoms with Crippen molar-refractivity contribution < 1.29 is 29.0 Å². The highest BCUT2D eigenvalue weighted by molar-refractivity contribution is 5.97. The molecular weight excluding hydrogens is 424 g/mol. The van der Waals surface area contributed by atoms with Gasteiger partial charge in [-0.15, -0.1) is 0 Å². The second-order valence-corrected chi connectivity index (χ2v) is 11.4. The molecule has 3 amide bonds. The molecule has 0 aromatic carbocycles. The standard InChI is InChI=1S/C25H36N2O6/c28-19-9-20(23(31)33-14-21(29)26-22(30)18-4-2-1-3-5-18)27(13-19)24(32)25-10-15-6-16(11-25)8-17(7-15)12-25/h15-20,28H,1-14H2,(H,26,29,30)/t15?,16?,17?,19?,20-,25?/m0/s1. The number of carbonyl (C=O) groups excluding carboxylic acids is 4. The molecule has 1 aliphatic heterocycles. The molecule has 5 aliphatic carbocycles. The summed E-state index contributed by atoms with van der Waals surface area (Å²) in [6.45, 7) is -0.421. The first-order chi connectivity index (χ1) is 15.8. The van der Waals surface area contributed by atoms with Gasteiger partial charge in [0.15, 0.2) is 6.61 Å². The van der Waals surface area contributed by atoms with E-state index < -0.39 is 36.0 Å². The van der Waals surface area contributed by atoms with Crippen molar-refractivity contribution in [2.45, 2.75) is 89.2 Å². The van der Waals surface area contributed by atoms with Crippen molar-refractivity contribution in [1.82, 2.24) is 10.2 Å². The number of rotatable bonds is 5. The molecule has 182 valence electrons. The van der Waals surface area contributed by atoms with Gasteiger partial charge in [-0.1, -0.05) is 19.3 Å². The van der Waals surface area contributed by atoms with E-state index in [1.165, 1.54) is 24.2 Å². The van der Waals surface area contributed by atoms with E-state index in [4.69, 9.17) is 4.74 Å². The van der Waals surface area contributed by atoms with Crippen LogP contribution in [0.3, 0.4) is 0 Å². The van der Waals surface area contributed by atoms with Gasteiger partial charge in [-0.3, -0.25) is 19.7 Å². The Hall–Kier alpha value is -1.96. The minimum absolute atomic E-state index is 0.0166.